The SMILES string of the molecule is CCN(CC(N)=O)C(=O)c1cc(N)cnc1Cl. The standard InChI is InChI=1S/C10H13ClN4O2/c1-2-15(5-8(13)16)10(17)7-3-6(12)4-14-9(7)11/h3-4H,2,5,12H2,1H3,(H2,13,16). The van der Waals surface area contributed by atoms with Crippen molar-refractivity contribution in [2.75, 3.05) is 18.8 Å². The van der Waals surface area contributed by atoms with Crippen molar-refractivity contribution in [1.29, 1.82) is 0 Å². The van der Waals surface area contributed by atoms with Crippen LogP contribution in [0, 0.1) is 0 Å². The van der Waals surface area contributed by atoms with Gasteiger partial charge in [0.2, 0.25) is 5.91 Å². The number of nitrogen functional groups attached to an aromatic ring is 1. The molecule has 1 heterocycles. The third kappa shape index (κ3) is 3.32. The molecular formula is C10H13ClN4O2. The first-order chi connectivity index (χ1) is 7.95. The Morgan fingerprint density at radius 3 is 2.71 bits per heavy atom. The van der Waals surface area contributed by atoms with Crippen LogP contribution in [-0.4, -0.2) is 34.8 Å². The van der Waals surface area contributed by atoms with Crippen LogP contribution in [0.3, 0.4) is 0 Å². The molecule has 7 heteroatoms. The van der Waals surface area contributed by atoms with E-state index in [1.54, 1.807) is 6.92 Å². The maximum atomic E-state index is 12.0. The number of rotatable bonds is 4. The second-order valence-electron chi connectivity index (χ2n) is 3.39. The van der Waals surface area contributed by atoms with E-state index in [2.05, 4.69) is 4.98 Å². The van der Waals surface area contributed by atoms with Crippen LogP contribution in [0.25, 0.3) is 0 Å². The van der Waals surface area contributed by atoms with Gasteiger partial charge in [-0.3, -0.25) is 9.59 Å². The molecule has 4 N–H and O–H groups in total. The largest absolute Gasteiger partial charge is 0.397 e. The Kier molecular flexibility index (Phi) is 4.28. The van der Waals surface area contributed by atoms with Crippen LogP contribution in [0.15, 0.2) is 12.3 Å². The lowest BCUT2D eigenvalue weighted by molar-refractivity contribution is -0.118. The molecule has 0 atom stereocenters. The van der Waals surface area contributed by atoms with Crippen molar-refractivity contribution in [2.45, 2.75) is 6.92 Å². The van der Waals surface area contributed by atoms with Gasteiger partial charge in [-0.2, -0.15) is 0 Å². The molecule has 1 aromatic rings. The Balaban J connectivity index is 3.01. The van der Waals surface area contributed by atoms with Crippen molar-refractivity contribution in [1.82, 2.24) is 9.88 Å². The molecule has 0 unspecified atom stereocenters. The van der Waals surface area contributed by atoms with Crippen LogP contribution in [-0.2, 0) is 4.79 Å². The van der Waals surface area contributed by atoms with Crippen LogP contribution in [0.1, 0.15) is 17.3 Å². The highest BCUT2D eigenvalue weighted by atomic mass is 35.5. The van der Waals surface area contributed by atoms with Crippen molar-refractivity contribution in [3.05, 3.63) is 23.0 Å². The predicted octanol–water partition coefficient (Wildman–Crippen LogP) is 0.265. The predicted molar refractivity (Wildman–Crippen MR) is 64.4 cm³/mol. The summed E-state index contributed by atoms with van der Waals surface area (Å²) < 4.78 is 0. The molecular weight excluding hydrogens is 244 g/mol. The van der Waals surface area contributed by atoms with Gasteiger partial charge < -0.3 is 16.4 Å². The normalized spacial score (nSPS) is 10.0. The van der Waals surface area contributed by atoms with Gasteiger partial charge in [0.1, 0.15) is 5.15 Å². The minimum absolute atomic E-state index is 0.0483. The minimum atomic E-state index is -0.590. The number of aromatic nitrogens is 1. The summed E-state index contributed by atoms with van der Waals surface area (Å²) >= 11 is 5.80. The molecule has 0 radical (unpaired) electrons. The first kappa shape index (κ1) is 13.2. The molecule has 6 nitrogen and oxygen atoms in total. The lowest BCUT2D eigenvalue weighted by atomic mass is 10.2. The molecule has 0 saturated carbocycles. The van der Waals surface area contributed by atoms with Crippen molar-refractivity contribution < 1.29 is 9.59 Å². The summed E-state index contributed by atoms with van der Waals surface area (Å²) in [5.74, 6) is -1.01. The lowest BCUT2D eigenvalue weighted by Crippen LogP contribution is -2.38. The molecule has 0 aliphatic heterocycles. The quantitative estimate of drug-likeness (QED) is 0.755. The topological polar surface area (TPSA) is 102 Å². The number of halogens is 1. The van der Waals surface area contributed by atoms with Gasteiger partial charge in [-0.15, -0.1) is 0 Å². The van der Waals surface area contributed by atoms with Gasteiger partial charge in [-0.1, -0.05) is 11.6 Å². The van der Waals surface area contributed by atoms with Gasteiger partial charge in [0, 0.05) is 6.54 Å². The fourth-order valence-electron chi connectivity index (χ4n) is 1.30. The van der Waals surface area contributed by atoms with Crippen molar-refractivity contribution >= 4 is 29.1 Å². The van der Waals surface area contributed by atoms with Gasteiger partial charge in [0.15, 0.2) is 0 Å². The number of anilines is 1. The Morgan fingerprint density at radius 1 is 1.53 bits per heavy atom. The summed E-state index contributed by atoms with van der Waals surface area (Å²) in [5.41, 5.74) is 11.1. The number of nitrogens with two attached hydrogens (primary N) is 2. The number of likely N-dealkylation sites (N-methyl/N-ethyl adjacent to an activating group) is 1. The fraction of sp³-hybridized carbons (Fsp3) is 0.300. The van der Waals surface area contributed by atoms with Gasteiger partial charge in [0.25, 0.3) is 5.91 Å². The second kappa shape index (κ2) is 5.49. The molecule has 0 aliphatic carbocycles. The van der Waals surface area contributed by atoms with E-state index >= 15 is 0 Å². The first-order valence-electron chi connectivity index (χ1n) is 4.94. The molecule has 1 rings (SSSR count). The average molecular weight is 257 g/mol. The van der Waals surface area contributed by atoms with Crippen LogP contribution in [0.4, 0.5) is 5.69 Å². The third-order valence-corrected chi connectivity index (χ3v) is 2.41. The van der Waals surface area contributed by atoms with Gasteiger partial charge in [-0.05, 0) is 13.0 Å². The van der Waals surface area contributed by atoms with E-state index in [9.17, 15) is 9.59 Å². The van der Waals surface area contributed by atoms with E-state index in [-0.39, 0.29) is 17.3 Å². The number of amides is 2. The number of hydrogen-bond acceptors (Lipinski definition) is 4. The van der Waals surface area contributed by atoms with Crippen LogP contribution in [0.5, 0.6) is 0 Å². The zero-order chi connectivity index (χ0) is 13.0. The van der Waals surface area contributed by atoms with Crippen molar-refractivity contribution in [3.8, 4) is 0 Å². The Morgan fingerprint density at radius 2 is 2.18 bits per heavy atom. The molecule has 0 fully saturated rings. The minimum Gasteiger partial charge on any atom is -0.397 e. The molecule has 0 saturated heterocycles. The third-order valence-electron chi connectivity index (χ3n) is 2.11. The van der Waals surface area contributed by atoms with Crippen LogP contribution in [0.2, 0.25) is 5.15 Å². The highest BCUT2D eigenvalue weighted by Crippen LogP contribution is 2.17. The lowest BCUT2D eigenvalue weighted by Gasteiger charge is -2.19. The monoisotopic (exact) mass is 256 g/mol. The summed E-state index contributed by atoms with van der Waals surface area (Å²) in [6.45, 7) is 1.90. The zero-order valence-electron chi connectivity index (χ0n) is 9.31. The summed E-state index contributed by atoms with van der Waals surface area (Å²) in [6.07, 6.45) is 1.35. The Labute approximate surface area is 104 Å². The highest BCUT2D eigenvalue weighted by molar-refractivity contribution is 6.32. The molecule has 92 valence electrons. The van der Waals surface area contributed by atoms with Gasteiger partial charge in [-0.25, -0.2) is 4.98 Å². The molecule has 0 spiro atoms. The van der Waals surface area contributed by atoms with Crippen molar-refractivity contribution in [3.63, 3.8) is 0 Å². The van der Waals surface area contributed by atoms with Crippen LogP contribution >= 0.6 is 11.6 Å². The number of hydrogen-bond donors (Lipinski definition) is 2. The van der Waals surface area contributed by atoms with Gasteiger partial charge in [0.05, 0.1) is 24.0 Å². The molecule has 17 heavy (non-hydrogen) atoms. The van der Waals surface area contributed by atoms with E-state index < -0.39 is 11.8 Å². The summed E-state index contributed by atoms with van der Waals surface area (Å²) in [5, 5.41) is 0.0483. The van der Waals surface area contributed by atoms with Gasteiger partial charge >= 0.3 is 0 Å². The summed E-state index contributed by atoms with van der Waals surface area (Å²) in [7, 11) is 0. The maximum Gasteiger partial charge on any atom is 0.257 e. The maximum absolute atomic E-state index is 12.0. The molecule has 1 aromatic heterocycles. The number of carbonyl (C=O) groups is 2. The van der Waals surface area contributed by atoms with E-state index in [0.717, 1.165) is 0 Å². The average Bonchev–Trinajstić information content (AvgIpc) is 2.28. The van der Waals surface area contributed by atoms with E-state index in [0.29, 0.717) is 12.2 Å². The number of carbonyl (C=O) groups excluding carboxylic acids is 2. The molecule has 0 aromatic carbocycles. The fourth-order valence-corrected chi connectivity index (χ4v) is 1.48. The Hall–Kier alpha value is -1.82. The second-order valence-corrected chi connectivity index (χ2v) is 3.75. The zero-order valence-corrected chi connectivity index (χ0v) is 10.1. The van der Waals surface area contributed by atoms with Crippen LogP contribution < -0.4 is 11.5 Å². The number of nitrogens with zero attached hydrogens (tertiary/aromatic N) is 2. The highest BCUT2D eigenvalue weighted by Gasteiger charge is 2.19. The smallest absolute Gasteiger partial charge is 0.257 e. The first-order valence-corrected chi connectivity index (χ1v) is 5.32. The number of primary amides is 1. The Bertz CT molecular complexity index is 450. The van der Waals surface area contributed by atoms with Crippen molar-refractivity contribution in [2.24, 2.45) is 5.73 Å². The van der Waals surface area contributed by atoms with E-state index in [1.807, 2.05) is 0 Å². The van der Waals surface area contributed by atoms with E-state index in [4.69, 9.17) is 23.1 Å². The van der Waals surface area contributed by atoms with E-state index in [1.165, 1.54) is 17.2 Å². The molecule has 0 aliphatic rings. The molecule has 0 bridgehead atoms. The summed E-state index contributed by atoms with van der Waals surface area (Å²) in [4.78, 5) is 27.9. The summed E-state index contributed by atoms with van der Waals surface area (Å²) in [6, 6.07) is 1.42. The molecule has 2 amide bonds. The number of pyridine rings is 1.